The Hall–Kier alpha value is -2.94. The highest BCUT2D eigenvalue weighted by molar-refractivity contribution is 5.57. The van der Waals surface area contributed by atoms with Crippen LogP contribution in [0.1, 0.15) is 45.9 Å². The average molecular weight is 362 g/mol. The van der Waals surface area contributed by atoms with Crippen molar-refractivity contribution in [2.45, 2.75) is 40.0 Å². The van der Waals surface area contributed by atoms with E-state index in [0.717, 1.165) is 38.9 Å². The van der Waals surface area contributed by atoms with Crippen molar-refractivity contribution in [2.24, 2.45) is 0 Å². The van der Waals surface area contributed by atoms with E-state index in [1.54, 1.807) is 12.1 Å². The third-order valence-electron chi connectivity index (χ3n) is 5.58. The fourth-order valence-corrected chi connectivity index (χ4v) is 3.78. The van der Waals surface area contributed by atoms with Crippen molar-refractivity contribution < 1.29 is 15.3 Å². The van der Waals surface area contributed by atoms with Crippen LogP contribution in [0.5, 0.6) is 17.2 Å². The second kappa shape index (κ2) is 6.66. The summed E-state index contributed by atoms with van der Waals surface area (Å²) in [6.45, 7) is 9.73. The molecule has 27 heavy (non-hydrogen) atoms. The van der Waals surface area contributed by atoms with E-state index in [1.165, 1.54) is 0 Å². The molecule has 3 rings (SSSR count). The van der Waals surface area contributed by atoms with Crippen molar-refractivity contribution in [1.82, 2.24) is 0 Å². The molecule has 0 saturated heterocycles. The Balaban J connectivity index is 2.35. The first-order chi connectivity index (χ1) is 12.6. The molecular weight excluding hydrogens is 336 g/mol. The Morgan fingerprint density at radius 1 is 0.556 bits per heavy atom. The van der Waals surface area contributed by atoms with Gasteiger partial charge in [0, 0.05) is 5.41 Å². The predicted octanol–water partition coefficient (Wildman–Crippen LogP) is 5.39. The summed E-state index contributed by atoms with van der Waals surface area (Å²) in [6.07, 6.45) is 0. The first-order valence-corrected chi connectivity index (χ1v) is 9.05. The fourth-order valence-electron chi connectivity index (χ4n) is 3.78. The summed E-state index contributed by atoms with van der Waals surface area (Å²) in [6, 6.07) is 15.2. The molecule has 3 nitrogen and oxygen atoms in total. The van der Waals surface area contributed by atoms with E-state index in [-0.39, 0.29) is 5.75 Å². The maximum atomic E-state index is 10.2. The lowest BCUT2D eigenvalue weighted by molar-refractivity contribution is 0.465. The fraction of sp³-hybridized carbons (Fsp3) is 0.250. The summed E-state index contributed by atoms with van der Waals surface area (Å²) in [7, 11) is 0. The highest BCUT2D eigenvalue weighted by Crippen LogP contribution is 2.43. The highest BCUT2D eigenvalue weighted by atomic mass is 16.3. The molecule has 0 heterocycles. The molecule has 0 amide bonds. The van der Waals surface area contributed by atoms with Gasteiger partial charge in [-0.2, -0.15) is 0 Å². The number of phenols is 3. The van der Waals surface area contributed by atoms with Gasteiger partial charge in [0.15, 0.2) is 0 Å². The van der Waals surface area contributed by atoms with E-state index in [9.17, 15) is 15.3 Å². The Labute approximate surface area is 160 Å². The number of hydrogen-bond acceptors (Lipinski definition) is 3. The molecule has 0 fully saturated rings. The molecule has 0 aliphatic carbocycles. The van der Waals surface area contributed by atoms with Gasteiger partial charge in [-0.1, -0.05) is 36.4 Å². The van der Waals surface area contributed by atoms with Crippen LogP contribution in [-0.4, -0.2) is 15.3 Å². The largest absolute Gasteiger partial charge is 0.508 e. The van der Waals surface area contributed by atoms with Crippen LogP contribution >= 0.6 is 0 Å². The second-order valence-corrected chi connectivity index (χ2v) is 7.59. The molecule has 0 radical (unpaired) electrons. The lowest BCUT2D eigenvalue weighted by atomic mass is 9.69. The molecular formula is C24H26O3. The Morgan fingerprint density at radius 2 is 0.889 bits per heavy atom. The third kappa shape index (κ3) is 3.14. The van der Waals surface area contributed by atoms with Crippen molar-refractivity contribution in [1.29, 1.82) is 0 Å². The van der Waals surface area contributed by atoms with E-state index in [0.29, 0.717) is 11.5 Å². The number of hydrogen-bond donors (Lipinski definition) is 3. The van der Waals surface area contributed by atoms with E-state index in [4.69, 9.17) is 0 Å². The van der Waals surface area contributed by atoms with Crippen molar-refractivity contribution in [3.05, 3.63) is 87.5 Å². The van der Waals surface area contributed by atoms with Gasteiger partial charge in [0.05, 0.1) is 0 Å². The molecule has 0 spiro atoms. The topological polar surface area (TPSA) is 60.7 Å². The number of rotatable bonds is 3. The van der Waals surface area contributed by atoms with Crippen LogP contribution in [0, 0.1) is 27.7 Å². The van der Waals surface area contributed by atoms with Gasteiger partial charge in [-0.3, -0.25) is 0 Å². The predicted molar refractivity (Wildman–Crippen MR) is 109 cm³/mol. The molecule has 3 N–H and O–H groups in total. The number of benzene rings is 3. The molecule has 0 saturated carbocycles. The molecule has 0 unspecified atom stereocenters. The Bertz CT molecular complexity index is 897. The number of phenolic OH excluding ortho intramolecular Hbond substituents is 3. The highest BCUT2D eigenvalue weighted by Gasteiger charge is 2.33. The zero-order valence-corrected chi connectivity index (χ0v) is 16.5. The zero-order chi connectivity index (χ0) is 19.9. The van der Waals surface area contributed by atoms with Gasteiger partial charge >= 0.3 is 0 Å². The molecule has 140 valence electrons. The van der Waals surface area contributed by atoms with E-state index >= 15 is 0 Å². The van der Waals surface area contributed by atoms with Gasteiger partial charge in [0.25, 0.3) is 0 Å². The average Bonchev–Trinajstić information content (AvgIpc) is 2.63. The van der Waals surface area contributed by atoms with Gasteiger partial charge in [0.1, 0.15) is 17.2 Å². The summed E-state index contributed by atoms with van der Waals surface area (Å²) in [5, 5.41) is 30.2. The lowest BCUT2D eigenvalue weighted by Crippen LogP contribution is -2.26. The normalized spacial score (nSPS) is 11.6. The summed E-state index contributed by atoms with van der Waals surface area (Å²) in [5.74, 6) is 0.840. The van der Waals surface area contributed by atoms with Crippen LogP contribution in [0.2, 0.25) is 0 Å². The third-order valence-corrected chi connectivity index (χ3v) is 5.58. The van der Waals surface area contributed by atoms with Crippen LogP contribution < -0.4 is 0 Å². The van der Waals surface area contributed by atoms with Crippen LogP contribution in [0.4, 0.5) is 0 Å². The first kappa shape index (κ1) is 18.8. The van der Waals surface area contributed by atoms with E-state index in [2.05, 4.69) is 6.92 Å². The van der Waals surface area contributed by atoms with Crippen molar-refractivity contribution in [2.75, 3.05) is 0 Å². The molecule has 0 aliphatic heterocycles. The van der Waals surface area contributed by atoms with Crippen LogP contribution in [-0.2, 0) is 5.41 Å². The Morgan fingerprint density at radius 3 is 1.22 bits per heavy atom. The van der Waals surface area contributed by atoms with Crippen molar-refractivity contribution >= 4 is 0 Å². The first-order valence-electron chi connectivity index (χ1n) is 9.05. The van der Waals surface area contributed by atoms with Crippen LogP contribution in [0.15, 0.2) is 48.5 Å². The second-order valence-electron chi connectivity index (χ2n) is 7.59. The van der Waals surface area contributed by atoms with Gasteiger partial charge in [-0.05, 0) is 85.7 Å². The molecule has 0 aromatic heterocycles. The van der Waals surface area contributed by atoms with E-state index < -0.39 is 5.41 Å². The zero-order valence-electron chi connectivity index (χ0n) is 16.5. The smallest absolute Gasteiger partial charge is 0.121 e. The van der Waals surface area contributed by atoms with Crippen molar-refractivity contribution in [3.63, 3.8) is 0 Å². The summed E-state index contributed by atoms with van der Waals surface area (Å²) >= 11 is 0. The molecule has 0 bridgehead atoms. The standard InChI is InChI=1S/C24H26O3/c1-14-10-19(11-15(2)22(14)26)24(5,18-6-8-21(25)9-7-18)20-12-16(3)23(27)17(4)13-20/h6-13,25-27H,1-5H3. The maximum Gasteiger partial charge on any atom is 0.121 e. The number of aryl methyl sites for hydroxylation is 4. The minimum atomic E-state index is -0.514. The maximum absolute atomic E-state index is 10.2. The summed E-state index contributed by atoms with van der Waals surface area (Å²) in [4.78, 5) is 0. The quantitative estimate of drug-likeness (QED) is 0.547. The molecule has 3 aromatic rings. The van der Waals surface area contributed by atoms with Gasteiger partial charge in [-0.25, -0.2) is 0 Å². The molecule has 3 aromatic carbocycles. The molecule has 0 atom stereocenters. The number of aromatic hydroxyl groups is 3. The minimum absolute atomic E-state index is 0.220. The lowest BCUT2D eigenvalue weighted by Gasteiger charge is -2.33. The van der Waals surface area contributed by atoms with Gasteiger partial charge in [0.2, 0.25) is 0 Å². The molecule has 0 aliphatic rings. The van der Waals surface area contributed by atoms with Crippen molar-refractivity contribution in [3.8, 4) is 17.2 Å². The SMILES string of the molecule is Cc1cc(C(C)(c2ccc(O)cc2)c2cc(C)c(O)c(C)c2)cc(C)c1O. The summed E-state index contributed by atoms with van der Waals surface area (Å²) in [5.41, 5.74) is 5.89. The monoisotopic (exact) mass is 362 g/mol. The minimum Gasteiger partial charge on any atom is -0.508 e. The Kier molecular flexibility index (Phi) is 4.64. The van der Waals surface area contributed by atoms with Gasteiger partial charge in [-0.15, -0.1) is 0 Å². The molecule has 3 heteroatoms. The van der Waals surface area contributed by atoms with Gasteiger partial charge < -0.3 is 15.3 Å². The van der Waals surface area contributed by atoms with E-state index in [1.807, 2.05) is 64.1 Å². The van der Waals surface area contributed by atoms with Crippen LogP contribution in [0.25, 0.3) is 0 Å². The summed E-state index contributed by atoms with van der Waals surface area (Å²) < 4.78 is 0. The van der Waals surface area contributed by atoms with Crippen LogP contribution in [0.3, 0.4) is 0 Å².